The number of para-hydroxylation sites is 1. The lowest BCUT2D eigenvalue weighted by atomic mass is 10.2. The SMILES string of the molecule is COC(=O)C#Cc1ccccc1NC(N)=S. The van der Waals surface area contributed by atoms with E-state index in [2.05, 4.69) is 21.9 Å². The lowest BCUT2D eigenvalue weighted by Gasteiger charge is -2.05. The van der Waals surface area contributed by atoms with E-state index in [4.69, 9.17) is 18.0 Å². The summed E-state index contributed by atoms with van der Waals surface area (Å²) in [5, 5.41) is 2.92. The van der Waals surface area contributed by atoms with Crippen molar-refractivity contribution in [1.29, 1.82) is 0 Å². The minimum atomic E-state index is -0.592. The van der Waals surface area contributed by atoms with E-state index in [-0.39, 0.29) is 5.11 Å². The molecule has 1 aromatic rings. The zero-order valence-corrected chi connectivity index (χ0v) is 9.43. The molecule has 82 valence electrons. The van der Waals surface area contributed by atoms with Gasteiger partial charge in [0.2, 0.25) is 0 Å². The highest BCUT2D eigenvalue weighted by molar-refractivity contribution is 7.80. The molecular weight excluding hydrogens is 224 g/mol. The van der Waals surface area contributed by atoms with Gasteiger partial charge in [0.05, 0.1) is 12.8 Å². The van der Waals surface area contributed by atoms with Crippen LogP contribution in [0, 0.1) is 11.8 Å². The third-order valence-electron chi connectivity index (χ3n) is 1.67. The van der Waals surface area contributed by atoms with Crippen LogP contribution in [0.5, 0.6) is 0 Å². The van der Waals surface area contributed by atoms with E-state index >= 15 is 0 Å². The van der Waals surface area contributed by atoms with Gasteiger partial charge >= 0.3 is 5.97 Å². The second kappa shape index (κ2) is 5.73. The summed E-state index contributed by atoms with van der Waals surface area (Å²) in [4.78, 5) is 10.9. The average molecular weight is 234 g/mol. The molecule has 16 heavy (non-hydrogen) atoms. The summed E-state index contributed by atoms with van der Waals surface area (Å²) < 4.78 is 4.41. The van der Waals surface area contributed by atoms with Crippen molar-refractivity contribution in [3.63, 3.8) is 0 Å². The molecule has 0 fully saturated rings. The number of nitrogens with two attached hydrogens (primary N) is 1. The molecule has 0 saturated heterocycles. The van der Waals surface area contributed by atoms with Crippen LogP contribution >= 0.6 is 12.2 Å². The molecule has 0 aromatic heterocycles. The Bertz CT molecular complexity index is 474. The van der Waals surface area contributed by atoms with Crippen LogP contribution in [0.15, 0.2) is 24.3 Å². The Morgan fingerprint density at radius 2 is 2.19 bits per heavy atom. The molecular formula is C11H10N2O2S. The molecule has 0 saturated carbocycles. The number of ether oxygens (including phenoxy) is 1. The van der Waals surface area contributed by atoms with E-state index in [1.807, 2.05) is 6.07 Å². The summed E-state index contributed by atoms with van der Waals surface area (Å²) in [5.41, 5.74) is 6.64. The fourth-order valence-electron chi connectivity index (χ4n) is 1.00. The second-order valence-electron chi connectivity index (χ2n) is 2.78. The number of hydrogen-bond donors (Lipinski definition) is 2. The number of esters is 1. The van der Waals surface area contributed by atoms with Crippen LogP contribution in [-0.4, -0.2) is 18.2 Å². The van der Waals surface area contributed by atoms with Gasteiger partial charge < -0.3 is 15.8 Å². The summed E-state index contributed by atoms with van der Waals surface area (Å²) in [6.07, 6.45) is 0. The van der Waals surface area contributed by atoms with Crippen molar-refractivity contribution >= 4 is 29.0 Å². The third kappa shape index (κ3) is 3.59. The first-order valence-corrected chi connectivity index (χ1v) is 4.79. The zero-order chi connectivity index (χ0) is 12.0. The smallest absolute Gasteiger partial charge is 0.384 e. The minimum absolute atomic E-state index is 0.146. The molecule has 5 heteroatoms. The van der Waals surface area contributed by atoms with Crippen LogP contribution < -0.4 is 11.1 Å². The Morgan fingerprint density at radius 3 is 2.81 bits per heavy atom. The molecule has 0 bridgehead atoms. The van der Waals surface area contributed by atoms with Crippen molar-refractivity contribution in [2.45, 2.75) is 0 Å². The van der Waals surface area contributed by atoms with Gasteiger partial charge in [-0.2, -0.15) is 0 Å². The first-order chi connectivity index (χ1) is 7.63. The Morgan fingerprint density at radius 1 is 1.50 bits per heavy atom. The number of anilines is 1. The Hall–Kier alpha value is -2.06. The predicted molar refractivity (Wildman–Crippen MR) is 65.7 cm³/mol. The maximum absolute atomic E-state index is 10.9. The van der Waals surface area contributed by atoms with Gasteiger partial charge in [0.25, 0.3) is 0 Å². The highest BCUT2D eigenvalue weighted by Crippen LogP contribution is 2.12. The molecule has 1 aromatic carbocycles. The van der Waals surface area contributed by atoms with Gasteiger partial charge in [0.1, 0.15) is 0 Å². The van der Waals surface area contributed by atoms with Gasteiger partial charge in [-0.05, 0) is 24.4 Å². The van der Waals surface area contributed by atoms with Gasteiger partial charge in [-0.1, -0.05) is 18.1 Å². The highest BCUT2D eigenvalue weighted by atomic mass is 32.1. The van der Waals surface area contributed by atoms with Crippen molar-refractivity contribution in [2.75, 3.05) is 12.4 Å². The van der Waals surface area contributed by atoms with Crippen LogP contribution in [0.2, 0.25) is 0 Å². The van der Waals surface area contributed by atoms with Crippen LogP contribution in [0.3, 0.4) is 0 Å². The Balaban J connectivity index is 2.98. The molecule has 0 radical (unpaired) electrons. The first-order valence-electron chi connectivity index (χ1n) is 4.39. The highest BCUT2D eigenvalue weighted by Gasteiger charge is 1.99. The van der Waals surface area contributed by atoms with Gasteiger partial charge in [-0.3, -0.25) is 0 Å². The van der Waals surface area contributed by atoms with Crippen molar-refractivity contribution in [2.24, 2.45) is 5.73 Å². The zero-order valence-electron chi connectivity index (χ0n) is 8.61. The minimum Gasteiger partial charge on any atom is -0.459 e. The fourth-order valence-corrected chi connectivity index (χ4v) is 1.11. The number of rotatable bonds is 1. The fraction of sp³-hybridized carbons (Fsp3) is 0.0909. The summed E-state index contributed by atoms with van der Waals surface area (Å²) >= 11 is 4.72. The van der Waals surface area contributed by atoms with Crippen molar-refractivity contribution < 1.29 is 9.53 Å². The summed E-state index contributed by atoms with van der Waals surface area (Å²) in [5.74, 6) is 4.40. The average Bonchev–Trinajstić information content (AvgIpc) is 2.26. The number of hydrogen-bond acceptors (Lipinski definition) is 3. The van der Waals surface area contributed by atoms with Crippen LogP contribution in [0.25, 0.3) is 0 Å². The van der Waals surface area contributed by atoms with E-state index in [9.17, 15) is 4.79 Å². The van der Waals surface area contributed by atoms with Gasteiger partial charge in [0.15, 0.2) is 5.11 Å². The number of carbonyl (C=O) groups is 1. The normalized spacial score (nSPS) is 8.56. The van der Waals surface area contributed by atoms with E-state index in [0.29, 0.717) is 11.3 Å². The van der Waals surface area contributed by atoms with Gasteiger partial charge in [-0.15, -0.1) is 0 Å². The van der Waals surface area contributed by atoms with Crippen molar-refractivity contribution in [1.82, 2.24) is 0 Å². The van der Waals surface area contributed by atoms with E-state index in [1.54, 1.807) is 18.2 Å². The molecule has 0 aliphatic carbocycles. The van der Waals surface area contributed by atoms with E-state index in [0.717, 1.165) is 0 Å². The molecule has 4 nitrogen and oxygen atoms in total. The maximum Gasteiger partial charge on any atom is 0.384 e. The molecule has 0 aliphatic rings. The molecule has 0 unspecified atom stereocenters. The number of benzene rings is 1. The molecule has 1 rings (SSSR count). The van der Waals surface area contributed by atoms with Crippen LogP contribution in [0.1, 0.15) is 5.56 Å². The van der Waals surface area contributed by atoms with E-state index in [1.165, 1.54) is 7.11 Å². The second-order valence-corrected chi connectivity index (χ2v) is 3.22. The van der Waals surface area contributed by atoms with Crippen molar-refractivity contribution in [3.8, 4) is 11.8 Å². The lowest BCUT2D eigenvalue weighted by Crippen LogP contribution is -2.19. The molecule has 0 amide bonds. The monoisotopic (exact) mass is 234 g/mol. The molecule has 3 N–H and O–H groups in total. The Labute approximate surface area is 98.8 Å². The first kappa shape index (κ1) is 12.0. The van der Waals surface area contributed by atoms with Crippen LogP contribution in [-0.2, 0) is 9.53 Å². The number of carbonyl (C=O) groups excluding carboxylic acids is 1. The Kier molecular flexibility index (Phi) is 4.30. The van der Waals surface area contributed by atoms with Gasteiger partial charge in [-0.25, -0.2) is 4.79 Å². The molecule has 0 spiro atoms. The van der Waals surface area contributed by atoms with E-state index < -0.39 is 5.97 Å². The van der Waals surface area contributed by atoms with Crippen molar-refractivity contribution in [3.05, 3.63) is 29.8 Å². The predicted octanol–water partition coefficient (Wildman–Crippen LogP) is 0.867. The number of methoxy groups -OCH3 is 1. The topological polar surface area (TPSA) is 64.3 Å². The summed E-state index contributed by atoms with van der Waals surface area (Å²) in [7, 11) is 1.27. The largest absolute Gasteiger partial charge is 0.459 e. The molecule has 0 aliphatic heterocycles. The number of thiocarbonyl (C=S) groups is 1. The third-order valence-corrected chi connectivity index (χ3v) is 1.77. The van der Waals surface area contributed by atoms with Gasteiger partial charge in [0, 0.05) is 11.5 Å². The quantitative estimate of drug-likeness (QED) is 0.429. The van der Waals surface area contributed by atoms with Crippen LogP contribution in [0.4, 0.5) is 5.69 Å². The standard InChI is InChI=1S/C11H10N2O2S/c1-15-10(14)7-6-8-4-2-3-5-9(8)13-11(12)16/h2-5H,1H3,(H3,12,13,16). The summed E-state index contributed by atoms with van der Waals surface area (Å²) in [6.45, 7) is 0. The maximum atomic E-state index is 10.9. The molecule has 0 atom stereocenters. The lowest BCUT2D eigenvalue weighted by molar-refractivity contribution is -0.133. The summed E-state index contributed by atoms with van der Waals surface area (Å²) in [6, 6.07) is 7.12. The molecule has 0 heterocycles. The number of nitrogens with one attached hydrogen (secondary N) is 1.